The fourth-order valence-electron chi connectivity index (χ4n) is 4.30. The molecule has 0 saturated carbocycles. The lowest BCUT2D eigenvalue weighted by atomic mass is 10.1. The standard InChI is InChI=1S/C12H13ClF3N3O4.C12H18N4O6S/c1-2-4-17(5-3-13)11-9(18(20)21)6-8(12(14,15)16)7-10(11)19(22)23;1-3-5-14(6-4-2)12-10(15(17)18)7-9(23(13,21)22)8-11(12)16(19)20/h6-7H,2-5H2,1H3;7-8H,3-6H2,1-2H3,(H2,13,21,22). The summed E-state index contributed by atoms with van der Waals surface area (Å²) in [6.45, 7) is 6.33. The van der Waals surface area contributed by atoms with Crippen LogP contribution < -0.4 is 14.9 Å². The number of primary sulfonamides is 1. The molecule has 2 aromatic rings. The first-order valence-corrected chi connectivity index (χ1v) is 15.4. The molecular formula is C24H31ClF3N7O10S. The zero-order chi connectivity index (χ0) is 35.6. The van der Waals surface area contributed by atoms with Crippen LogP contribution in [0.2, 0.25) is 0 Å². The molecule has 2 rings (SSSR count). The van der Waals surface area contributed by atoms with Crippen LogP contribution in [0.1, 0.15) is 45.6 Å². The summed E-state index contributed by atoms with van der Waals surface area (Å²) in [4.78, 5) is 43.2. The molecule has 0 fully saturated rings. The number of nitrogens with zero attached hydrogens (tertiary/aromatic N) is 6. The molecule has 0 aliphatic carbocycles. The molecule has 0 heterocycles. The molecular weight excluding hydrogens is 671 g/mol. The van der Waals surface area contributed by atoms with Crippen LogP contribution in [-0.4, -0.2) is 60.2 Å². The molecule has 0 aromatic heterocycles. The summed E-state index contributed by atoms with van der Waals surface area (Å²) in [6, 6.07) is 2.13. The van der Waals surface area contributed by atoms with E-state index in [9.17, 15) is 62.0 Å². The van der Waals surface area contributed by atoms with Crippen LogP contribution in [0.4, 0.5) is 47.3 Å². The number of sulfonamides is 1. The number of hydrogen-bond acceptors (Lipinski definition) is 12. The Labute approximate surface area is 265 Å². The van der Waals surface area contributed by atoms with Crippen LogP contribution in [0.3, 0.4) is 0 Å². The number of benzene rings is 2. The van der Waals surface area contributed by atoms with E-state index in [4.69, 9.17) is 16.7 Å². The topological polar surface area (TPSA) is 239 Å². The summed E-state index contributed by atoms with van der Waals surface area (Å²) in [5.41, 5.74) is -5.33. The molecule has 2 N–H and O–H groups in total. The zero-order valence-corrected chi connectivity index (χ0v) is 26.3. The fourth-order valence-corrected chi connectivity index (χ4v) is 5.05. The molecule has 0 aliphatic heterocycles. The Morgan fingerprint density at radius 1 is 0.696 bits per heavy atom. The van der Waals surface area contributed by atoms with Crippen molar-refractivity contribution in [3.05, 3.63) is 70.3 Å². The lowest BCUT2D eigenvalue weighted by Crippen LogP contribution is -2.28. The van der Waals surface area contributed by atoms with Crippen molar-refractivity contribution in [3.63, 3.8) is 0 Å². The van der Waals surface area contributed by atoms with Gasteiger partial charge in [-0.15, -0.1) is 11.6 Å². The number of nitro groups is 4. The highest BCUT2D eigenvalue weighted by Gasteiger charge is 2.39. The molecule has 0 unspecified atom stereocenters. The van der Waals surface area contributed by atoms with Gasteiger partial charge >= 0.3 is 17.6 Å². The van der Waals surface area contributed by atoms with Gasteiger partial charge in [-0.2, -0.15) is 13.2 Å². The van der Waals surface area contributed by atoms with Crippen molar-refractivity contribution in [2.45, 2.75) is 51.1 Å². The first-order valence-electron chi connectivity index (χ1n) is 13.4. The lowest BCUT2D eigenvalue weighted by molar-refractivity contribution is -0.393. The van der Waals surface area contributed by atoms with E-state index >= 15 is 0 Å². The van der Waals surface area contributed by atoms with Crippen molar-refractivity contribution < 1.29 is 41.3 Å². The van der Waals surface area contributed by atoms with Gasteiger partial charge in [0, 0.05) is 56.3 Å². The molecule has 0 saturated heterocycles. The molecule has 2 aromatic carbocycles. The van der Waals surface area contributed by atoms with Crippen LogP contribution >= 0.6 is 11.6 Å². The van der Waals surface area contributed by atoms with Gasteiger partial charge in [-0.1, -0.05) is 20.8 Å². The molecule has 46 heavy (non-hydrogen) atoms. The summed E-state index contributed by atoms with van der Waals surface area (Å²) >= 11 is 5.59. The number of alkyl halides is 4. The molecule has 0 bridgehead atoms. The quantitative estimate of drug-likeness (QED) is 0.133. The lowest BCUT2D eigenvalue weighted by Gasteiger charge is -2.23. The van der Waals surface area contributed by atoms with E-state index in [0.29, 0.717) is 44.5 Å². The second-order valence-electron chi connectivity index (χ2n) is 9.41. The van der Waals surface area contributed by atoms with E-state index in [-0.39, 0.29) is 24.7 Å². The van der Waals surface area contributed by atoms with Crippen LogP contribution in [0.25, 0.3) is 0 Å². The molecule has 0 amide bonds. The summed E-state index contributed by atoms with van der Waals surface area (Å²) in [6.07, 6.45) is -3.22. The molecule has 0 atom stereocenters. The molecule has 0 spiro atoms. The Morgan fingerprint density at radius 2 is 1.00 bits per heavy atom. The Bertz CT molecular complexity index is 1480. The SMILES string of the molecule is CCCN(CCC)c1c([N+](=O)[O-])cc(S(N)(=O)=O)cc1[N+](=O)[O-].CCCN(CCCl)c1c([N+](=O)[O-])cc(C(F)(F)F)cc1[N+](=O)[O-]. The monoisotopic (exact) mass is 701 g/mol. The zero-order valence-electron chi connectivity index (χ0n) is 24.7. The van der Waals surface area contributed by atoms with Crippen molar-refractivity contribution in [1.82, 2.24) is 0 Å². The van der Waals surface area contributed by atoms with Crippen molar-refractivity contribution in [2.75, 3.05) is 41.9 Å². The van der Waals surface area contributed by atoms with Crippen molar-refractivity contribution in [1.29, 1.82) is 0 Å². The van der Waals surface area contributed by atoms with E-state index < -0.39 is 74.8 Å². The van der Waals surface area contributed by atoms with Crippen molar-refractivity contribution in [3.8, 4) is 0 Å². The molecule has 256 valence electrons. The summed E-state index contributed by atoms with van der Waals surface area (Å²) in [5.74, 6) is 0.00926. The highest BCUT2D eigenvalue weighted by molar-refractivity contribution is 7.89. The van der Waals surface area contributed by atoms with Gasteiger partial charge in [0.2, 0.25) is 10.0 Å². The predicted molar refractivity (Wildman–Crippen MR) is 162 cm³/mol. The van der Waals surface area contributed by atoms with Crippen LogP contribution in [0.5, 0.6) is 0 Å². The van der Waals surface area contributed by atoms with E-state index in [1.165, 1.54) is 9.80 Å². The first-order chi connectivity index (χ1) is 21.3. The third-order valence-corrected chi connectivity index (χ3v) is 7.08. The Kier molecular flexibility index (Phi) is 14.5. The predicted octanol–water partition coefficient (Wildman–Crippen LogP) is 5.75. The summed E-state index contributed by atoms with van der Waals surface area (Å²) in [7, 11) is -4.31. The smallest absolute Gasteiger partial charge is 0.360 e. The summed E-state index contributed by atoms with van der Waals surface area (Å²) in [5, 5.41) is 49.9. The van der Waals surface area contributed by atoms with Gasteiger partial charge in [0.1, 0.15) is 0 Å². The largest absolute Gasteiger partial charge is 0.416 e. The second kappa shape index (κ2) is 16.8. The number of rotatable bonds is 15. The number of halogens is 4. The van der Waals surface area contributed by atoms with Gasteiger partial charge in [-0.25, -0.2) is 13.6 Å². The molecule has 22 heteroatoms. The maximum absolute atomic E-state index is 12.8. The fraction of sp³-hybridized carbons (Fsp3) is 0.500. The maximum Gasteiger partial charge on any atom is 0.416 e. The van der Waals surface area contributed by atoms with Gasteiger partial charge in [-0.3, -0.25) is 40.5 Å². The highest BCUT2D eigenvalue weighted by Crippen LogP contribution is 2.43. The number of hydrogen-bond donors (Lipinski definition) is 1. The van der Waals surface area contributed by atoms with Crippen molar-refractivity contribution >= 4 is 55.7 Å². The Hall–Kier alpha value is -4.37. The van der Waals surface area contributed by atoms with Gasteiger partial charge < -0.3 is 9.80 Å². The van der Waals surface area contributed by atoms with E-state index in [2.05, 4.69) is 0 Å². The van der Waals surface area contributed by atoms with E-state index in [1.54, 1.807) is 6.92 Å². The van der Waals surface area contributed by atoms with Crippen LogP contribution in [-0.2, 0) is 16.2 Å². The minimum absolute atomic E-state index is 0.00926. The highest BCUT2D eigenvalue weighted by atomic mass is 35.5. The van der Waals surface area contributed by atoms with E-state index in [1.807, 2.05) is 13.8 Å². The number of anilines is 2. The Morgan fingerprint density at radius 3 is 1.24 bits per heavy atom. The average Bonchev–Trinajstić information content (AvgIpc) is 2.94. The van der Waals surface area contributed by atoms with Gasteiger partial charge in [0.25, 0.3) is 11.4 Å². The van der Waals surface area contributed by atoms with Gasteiger partial charge in [0.05, 0.1) is 30.2 Å². The third-order valence-electron chi connectivity index (χ3n) is 6.02. The average molecular weight is 702 g/mol. The molecule has 0 aliphatic rings. The minimum atomic E-state index is -4.93. The minimum Gasteiger partial charge on any atom is -0.360 e. The number of nitro benzene ring substituents is 4. The number of nitrogens with two attached hydrogens (primary N) is 1. The Balaban J connectivity index is 0.000000460. The maximum atomic E-state index is 12.8. The second-order valence-corrected chi connectivity index (χ2v) is 11.3. The molecule has 17 nitrogen and oxygen atoms in total. The third kappa shape index (κ3) is 10.3. The van der Waals surface area contributed by atoms with E-state index in [0.717, 1.165) is 12.1 Å². The van der Waals surface area contributed by atoms with Crippen molar-refractivity contribution in [2.24, 2.45) is 5.14 Å². The summed E-state index contributed by atoms with van der Waals surface area (Å²) < 4.78 is 61.3. The normalized spacial score (nSPS) is 11.3. The molecule has 0 radical (unpaired) electrons. The van der Waals surface area contributed by atoms with Gasteiger partial charge in [0.15, 0.2) is 11.4 Å². The van der Waals surface area contributed by atoms with Gasteiger partial charge in [-0.05, 0) is 19.3 Å². The van der Waals surface area contributed by atoms with Crippen LogP contribution in [0.15, 0.2) is 29.2 Å². The first kappa shape index (κ1) is 39.7. The van der Waals surface area contributed by atoms with Crippen LogP contribution in [0, 0.1) is 40.5 Å².